The largest absolute Gasteiger partial charge is 0.497 e. The molecule has 0 aliphatic carbocycles. The number of rotatable bonds is 4. The average Bonchev–Trinajstić information content (AvgIpc) is 3.28. The lowest BCUT2D eigenvalue weighted by molar-refractivity contribution is -0.0588. The van der Waals surface area contributed by atoms with Crippen molar-refractivity contribution in [2.24, 2.45) is 0 Å². The minimum Gasteiger partial charge on any atom is -0.497 e. The van der Waals surface area contributed by atoms with E-state index < -0.39 is 23.6 Å². The molecule has 0 radical (unpaired) electrons. The molecule has 4 rings (SSSR count). The van der Waals surface area contributed by atoms with Gasteiger partial charge in [0.2, 0.25) is 0 Å². The summed E-state index contributed by atoms with van der Waals surface area (Å²) in [6.45, 7) is 0. The van der Waals surface area contributed by atoms with Crippen molar-refractivity contribution in [3.63, 3.8) is 0 Å². The first-order chi connectivity index (χ1) is 13.5. The fourth-order valence-corrected chi connectivity index (χ4v) is 2.75. The number of ether oxygens (including phenoxy) is 1. The molecule has 0 saturated heterocycles. The second kappa shape index (κ2) is 6.62. The Hall–Kier alpha value is -4.01. The molecule has 2 heterocycles. The quantitative estimate of drug-likeness (QED) is 0.645. The van der Waals surface area contributed by atoms with E-state index in [1.807, 2.05) is 0 Å². The highest BCUT2D eigenvalue weighted by atomic mass is 19.1. The first-order valence-corrected chi connectivity index (χ1v) is 8.08. The summed E-state index contributed by atoms with van der Waals surface area (Å²) in [5.74, 6) is -2.73. The molecule has 0 bridgehead atoms. The highest BCUT2D eigenvalue weighted by Crippen LogP contribution is 2.23. The molecule has 0 N–H and O–H groups in total. The number of hydrogen-bond donors (Lipinski definition) is 0. The number of hydroxylamine groups is 2. The van der Waals surface area contributed by atoms with Gasteiger partial charge in [-0.15, -0.1) is 0 Å². The van der Waals surface area contributed by atoms with Crippen LogP contribution < -0.4 is 4.74 Å². The summed E-state index contributed by atoms with van der Waals surface area (Å²) in [5, 5.41) is 4.41. The maximum Gasteiger partial charge on any atom is 0.384 e. The summed E-state index contributed by atoms with van der Waals surface area (Å²) in [7, 11) is 1.40. The normalized spacial score (nSPS) is 12.9. The third-order valence-corrected chi connectivity index (χ3v) is 4.09. The van der Waals surface area contributed by atoms with Crippen LogP contribution in [-0.4, -0.2) is 39.7 Å². The van der Waals surface area contributed by atoms with E-state index in [0.717, 1.165) is 0 Å². The summed E-state index contributed by atoms with van der Waals surface area (Å²) >= 11 is 0. The third kappa shape index (κ3) is 2.88. The highest BCUT2D eigenvalue weighted by molar-refractivity contribution is 6.21. The van der Waals surface area contributed by atoms with Crippen LogP contribution in [0, 0.1) is 5.82 Å². The van der Waals surface area contributed by atoms with E-state index >= 15 is 0 Å². The van der Waals surface area contributed by atoms with Crippen molar-refractivity contribution in [3.05, 3.63) is 77.4 Å². The smallest absolute Gasteiger partial charge is 0.384 e. The van der Waals surface area contributed by atoms with Crippen molar-refractivity contribution in [2.75, 3.05) is 7.11 Å². The van der Waals surface area contributed by atoms with Gasteiger partial charge in [0, 0.05) is 18.3 Å². The van der Waals surface area contributed by atoms with Crippen molar-refractivity contribution >= 4 is 17.8 Å². The standard InChI is InChI=1S/C19H12FN3O5/c1-27-13-9-11(20)8-12(10-13)22-7-6-16(21-22)19(26)28-23-17(24)14-4-2-3-5-15(14)18(23)25/h2-10H,1H3. The molecule has 28 heavy (non-hydrogen) atoms. The Morgan fingerprint density at radius 2 is 1.71 bits per heavy atom. The molecule has 140 valence electrons. The topological polar surface area (TPSA) is 90.7 Å². The fourth-order valence-electron chi connectivity index (χ4n) is 2.75. The van der Waals surface area contributed by atoms with E-state index in [2.05, 4.69) is 5.10 Å². The molecular formula is C19H12FN3O5. The van der Waals surface area contributed by atoms with Crippen LogP contribution in [0.5, 0.6) is 5.75 Å². The van der Waals surface area contributed by atoms with Crippen molar-refractivity contribution < 1.29 is 28.3 Å². The van der Waals surface area contributed by atoms with Crippen molar-refractivity contribution in [2.45, 2.75) is 0 Å². The van der Waals surface area contributed by atoms with Gasteiger partial charge in [0.1, 0.15) is 11.6 Å². The number of halogens is 1. The van der Waals surface area contributed by atoms with Crippen molar-refractivity contribution in [1.29, 1.82) is 0 Å². The Labute approximate surface area is 157 Å². The van der Waals surface area contributed by atoms with Crippen LogP contribution >= 0.6 is 0 Å². The van der Waals surface area contributed by atoms with Gasteiger partial charge in [-0.2, -0.15) is 5.10 Å². The molecule has 1 aromatic heterocycles. The number of nitrogens with zero attached hydrogens (tertiary/aromatic N) is 3. The van der Waals surface area contributed by atoms with Crippen LogP contribution in [0.3, 0.4) is 0 Å². The van der Waals surface area contributed by atoms with Gasteiger partial charge >= 0.3 is 5.97 Å². The van der Waals surface area contributed by atoms with Crippen molar-refractivity contribution in [3.8, 4) is 11.4 Å². The third-order valence-electron chi connectivity index (χ3n) is 4.09. The summed E-state index contributed by atoms with van der Waals surface area (Å²) in [6, 6.07) is 11.4. The lowest BCUT2D eigenvalue weighted by Crippen LogP contribution is -2.32. The van der Waals surface area contributed by atoms with Crippen LogP contribution in [0.1, 0.15) is 31.2 Å². The zero-order valence-electron chi connectivity index (χ0n) is 14.5. The van der Waals surface area contributed by atoms with E-state index in [9.17, 15) is 18.8 Å². The zero-order chi connectivity index (χ0) is 19.8. The van der Waals surface area contributed by atoms with Crippen LogP contribution in [0.25, 0.3) is 5.69 Å². The zero-order valence-corrected chi connectivity index (χ0v) is 14.5. The van der Waals surface area contributed by atoms with Gasteiger partial charge in [0.15, 0.2) is 5.69 Å². The molecule has 2 aromatic carbocycles. The number of fused-ring (bicyclic) bond motifs is 1. The van der Waals surface area contributed by atoms with E-state index in [4.69, 9.17) is 9.57 Å². The first-order valence-electron chi connectivity index (χ1n) is 8.08. The fraction of sp³-hybridized carbons (Fsp3) is 0.0526. The number of benzene rings is 2. The molecule has 0 unspecified atom stereocenters. The minimum atomic E-state index is -1.00. The van der Waals surface area contributed by atoms with Gasteiger partial charge in [0.25, 0.3) is 11.8 Å². The van der Waals surface area contributed by atoms with E-state index in [1.54, 1.807) is 12.1 Å². The lowest BCUT2D eigenvalue weighted by Gasteiger charge is -2.11. The van der Waals surface area contributed by atoms with E-state index in [-0.39, 0.29) is 22.6 Å². The van der Waals surface area contributed by atoms with Gasteiger partial charge < -0.3 is 9.57 Å². The van der Waals surface area contributed by atoms with E-state index in [1.165, 1.54) is 54.4 Å². The van der Waals surface area contributed by atoms with Gasteiger partial charge in [-0.25, -0.2) is 13.9 Å². The first kappa shape index (κ1) is 17.4. The number of imide groups is 1. The Bertz CT molecular complexity index is 1090. The number of methoxy groups -OCH3 is 1. The molecule has 1 aliphatic heterocycles. The van der Waals surface area contributed by atoms with Gasteiger partial charge in [-0.05, 0) is 24.3 Å². The molecule has 0 atom stereocenters. The summed E-state index contributed by atoms with van der Waals surface area (Å²) in [5.41, 5.74) is 0.451. The van der Waals surface area contributed by atoms with Gasteiger partial charge in [-0.1, -0.05) is 17.2 Å². The minimum absolute atomic E-state index is 0.151. The molecule has 2 amide bonds. The maximum absolute atomic E-state index is 13.7. The predicted octanol–water partition coefficient (Wildman–Crippen LogP) is 2.39. The van der Waals surface area contributed by atoms with Crippen LogP contribution in [0.4, 0.5) is 4.39 Å². The Balaban J connectivity index is 1.56. The molecule has 8 nitrogen and oxygen atoms in total. The second-order valence-electron chi connectivity index (χ2n) is 5.82. The summed E-state index contributed by atoms with van der Waals surface area (Å²) in [4.78, 5) is 41.8. The van der Waals surface area contributed by atoms with Gasteiger partial charge in [-0.3, -0.25) is 9.59 Å². The molecule has 0 fully saturated rings. The Morgan fingerprint density at radius 1 is 1.04 bits per heavy atom. The van der Waals surface area contributed by atoms with Crippen LogP contribution in [-0.2, 0) is 4.84 Å². The predicted molar refractivity (Wildman–Crippen MR) is 92.4 cm³/mol. The molecule has 0 spiro atoms. The van der Waals surface area contributed by atoms with Crippen molar-refractivity contribution in [1.82, 2.24) is 14.8 Å². The number of carbonyl (C=O) groups is 3. The van der Waals surface area contributed by atoms with Gasteiger partial charge in [0.05, 0.1) is 23.9 Å². The summed E-state index contributed by atoms with van der Waals surface area (Å²) < 4.78 is 19.9. The molecule has 9 heteroatoms. The van der Waals surface area contributed by atoms with Crippen LogP contribution in [0.15, 0.2) is 54.7 Å². The second-order valence-corrected chi connectivity index (χ2v) is 5.82. The molecule has 3 aromatic rings. The number of carbonyl (C=O) groups excluding carboxylic acids is 3. The highest BCUT2D eigenvalue weighted by Gasteiger charge is 2.39. The SMILES string of the molecule is COc1cc(F)cc(-n2ccc(C(=O)ON3C(=O)c4ccccc4C3=O)n2)c1. The monoisotopic (exact) mass is 381 g/mol. The average molecular weight is 381 g/mol. The molecule has 0 saturated carbocycles. The maximum atomic E-state index is 13.7. The molecular weight excluding hydrogens is 369 g/mol. The molecule has 1 aliphatic rings. The van der Waals surface area contributed by atoms with E-state index in [0.29, 0.717) is 10.8 Å². The number of amides is 2. The van der Waals surface area contributed by atoms with Crippen LogP contribution in [0.2, 0.25) is 0 Å². The lowest BCUT2D eigenvalue weighted by atomic mass is 10.1. The number of hydrogen-bond acceptors (Lipinski definition) is 6. The Kier molecular flexibility index (Phi) is 4.11. The Morgan fingerprint density at radius 3 is 2.36 bits per heavy atom. The summed E-state index contributed by atoms with van der Waals surface area (Å²) in [6.07, 6.45) is 1.41. The number of aromatic nitrogens is 2.